The summed E-state index contributed by atoms with van der Waals surface area (Å²) >= 11 is 0. The van der Waals surface area contributed by atoms with Crippen LogP contribution in [-0.4, -0.2) is 18.3 Å². The van der Waals surface area contributed by atoms with Crippen molar-refractivity contribution in [2.75, 3.05) is 7.11 Å². The molecule has 2 rings (SSSR count). The van der Waals surface area contributed by atoms with Gasteiger partial charge in [-0.1, -0.05) is 38.5 Å². The zero-order valence-corrected chi connectivity index (χ0v) is 11.6. The fourth-order valence-corrected chi connectivity index (χ4v) is 3.08. The van der Waals surface area contributed by atoms with Crippen molar-refractivity contribution in [1.82, 2.24) is 0 Å². The third kappa shape index (κ3) is 2.54. The van der Waals surface area contributed by atoms with Gasteiger partial charge in [-0.05, 0) is 42.2 Å². The Morgan fingerprint density at radius 1 is 1.28 bits per heavy atom. The lowest BCUT2D eigenvalue weighted by Crippen LogP contribution is -2.41. The summed E-state index contributed by atoms with van der Waals surface area (Å²) in [6, 6.07) is 8.21. The van der Waals surface area contributed by atoms with Crippen LogP contribution in [0.1, 0.15) is 38.7 Å². The molecule has 1 fully saturated rings. The van der Waals surface area contributed by atoms with E-state index in [-0.39, 0.29) is 11.5 Å². The Hall–Kier alpha value is -1.02. The summed E-state index contributed by atoms with van der Waals surface area (Å²) < 4.78 is 5.42. The molecule has 0 amide bonds. The van der Waals surface area contributed by atoms with E-state index >= 15 is 0 Å². The summed E-state index contributed by atoms with van der Waals surface area (Å²) in [6.07, 6.45) is 4.08. The van der Waals surface area contributed by atoms with Crippen molar-refractivity contribution in [3.8, 4) is 5.75 Å². The van der Waals surface area contributed by atoms with Crippen LogP contribution in [0.4, 0.5) is 0 Å². The maximum Gasteiger partial charge on any atom is 0.122 e. The zero-order valence-electron chi connectivity index (χ0n) is 11.6. The lowest BCUT2D eigenvalue weighted by atomic mass is 9.65. The standard InChI is InChI=1S/C16H24O2/c1-16(2)13(8-6-10-15(16)17)11-12-7-4-5-9-14(12)18-3/h4-5,7,9,13,15,17H,6,8,10-11H2,1-3H3. The largest absolute Gasteiger partial charge is 0.496 e. The monoisotopic (exact) mass is 248 g/mol. The number of ether oxygens (including phenoxy) is 1. The highest BCUT2D eigenvalue weighted by Crippen LogP contribution is 2.43. The average Bonchev–Trinajstić information content (AvgIpc) is 2.36. The van der Waals surface area contributed by atoms with Crippen molar-refractivity contribution in [2.45, 2.75) is 45.6 Å². The molecule has 18 heavy (non-hydrogen) atoms. The molecule has 1 aliphatic carbocycles. The van der Waals surface area contributed by atoms with E-state index in [9.17, 15) is 5.11 Å². The van der Waals surface area contributed by atoms with Crippen LogP contribution in [0, 0.1) is 11.3 Å². The van der Waals surface area contributed by atoms with Crippen molar-refractivity contribution in [1.29, 1.82) is 0 Å². The Morgan fingerprint density at radius 3 is 2.72 bits per heavy atom. The number of aliphatic hydroxyl groups excluding tert-OH is 1. The van der Waals surface area contributed by atoms with Gasteiger partial charge in [0, 0.05) is 0 Å². The molecule has 2 nitrogen and oxygen atoms in total. The molecule has 2 unspecified atom stereocenters. The van der Waals surface area contributed by atoms with E-state index in [2.05, 4.69) is 26.0 Å². The number of hydrogen-bond acceptors (Lipinski definition) is 2. The first kappa shape index (κ1) is 13.4. The maximum atomic E-state index is 10.2. The molecule has 2 atom stereocenters. The van der Waals surface area contributed by atoms with Crippen molar-refractivity contribution in [2.24, 2.45) is 11.3 Å². The number of hydrogen-bond donors (Lipinski definition) is 1. The van der Waals surface area contributed by atoms with Gasteiger partial charge in [0.15, 0.2) is 0 Å². The highest BCUT2D eigenvalue weighted by molar-refractivity contribution is 5.33. The SMILES string of the molecule is COc1ccccc1CC1CCCC(O)C1(C)C. The Bertz CT molecular complexity index is 398. The number of benzene rings is 1. The van der Waals surface area contributed by atoms with E-state index in [1.165, 1.54) is 12.0 Å². The summed E-state index contributed by atoms with van der Waals surface area (Å²) in [7, 11) is 1.72. The van der Waals surface area contributed by atoms with E-state index in [4.69, 9.17) is 4.74 Å². The molecule has 0 saturated heterocycles. The predicted octanol–water partition coefficient (Wildman–Crippen LogP) is 3.42. The first-order chi connectivity index (χ1) is 8.55. The van der Waals surface area contributed by atoms with Gasteiger partial charge in [0.2, 0.25) is 0 Å². The second-order valence-corrected chi connectivity index (χ2v) is 5.98. The van der Waals surface area contributed by atoms with Gasteiger partial charge < -0.3 is 9.84 Å². The van der Waals surface area contributed by atoms with Gasteiger partial charge in [-0.3, -0.25) is 0 Å². The molecule has 1 saturated carbocycles. The van der Waals surface area contributed by atoms with Crippen LogP contribution < -0.4 is 4.74 Å². The number of para-hydroxylation sites is 1. The Kier molecular flexibility index (Phi) is 3.96. The van der Waals surface area contributed by atoms with Gasteiger partial charge in [0.25, 0.3) is 0 Å². The molecule has 2 heteroatoms. The van der Waals surface area contributed by atoms with E-state index in [0.717, 1.165) is 25.0 Å². The summed E-state index contributed by atoms with van der Waals surface area (Å²) in [6.45, 7) is 4.38. The number of methoxy groups -OCH3 is 1. The molecule has 0 heterocycles. The lowest BCUT2D eigenvalue weighted by molar-refractivity contribution is -0.0293. The summed E-state index contributed by atoms with van der Waals surface area (Å²) in [5.74, 6) is 1.49. The quantitative estimate of drug-likeness (QED) is 0.888. The molecular weight excluding hydrogens is 224 g/mol. The van der Waals surface area contributed by atoms with Gasteiger partial charge in [-0.2, -0.15) is 0 Å². The second kappa shape index (κ2) is 5.31. The van der Waals surface area contributed by atoms with E-state index < -0.39 is 0 Å². The second-order valence-electron chi connectivity index (χ2n) is 5.98. The van der Waals surface area contributed by atoms with Crippen molar-refractivity contribution < 1.29 is 9.84 Å². The van der Waals surface area contributed by atoms with E-state index in [1.807, 2.05) is 12.1 Å². The normalized spacial score (nSPS) is 26.9. The fraction of sp³-hybridized carbons (Fsp3) is 0.625. The minimum absolute atomic E-state index is 0.000890. The number of rotatable bonds is 3. The Morgan fingerprint density at radius 2 is 2.00 bits per heavy atom. The molecule has 0 aromatic heterocycles. The minimum atomic E-state index is -0.175. The van der Waals surface area contributed by atoms with Crippen LogP contribution in [0.25, 0.3) is 0 Å². The third-order valence-corrected chi connectivity index (χ3v) is 4.60. The van der Waals surface area contributed by atoms with Gasteiger partial charge in [0.05, 0.1) is 13.2 Å². The molecule has 1 aromatic carbocycles. The van der Waals surface area contributed by atoms with Gasteiger partial charge in [-0.15, -0.1) is 0 Å². The van der Waals surface area contributed by atoms with E-state index in [1.54, 1.807) is 7.11 Å². The van der Waals surface area contributed by atoms with Crippen molar-refractivity contribution in [3.05, 3.63) is 29.8 Å². The highest BCUT2D eigenvalue weighted by Gasteiger charge is 2.39. The minimum Gasteiger partial charge on any atom is -0.496 e. The van der Waals surface area contributed by atoms with Gasteiger partial charge >= 0.3 is 0 Å². The highest BCUT2D eigenvalue weighted by atomic mass is 16.5. The lowest BCUT2D eigenvalue weighted by Gasteiger charge is -2.43. The van der Waals surface area contributed by atoms with Crippen LogP contribution in [-0.2, 0) is 6.42 Å². The van der Waals surface area contributed by atoms with Crippen LogP contribution >= 0.6 is 0 Å². The molecule has 1 N–H and O–H groups in total. The first-order valence-corrected chi connectivity index (χ1v) is 6.85. The van der Waals surface area contributed by atoms with Crippen LogP contribution in [0.2, 0.25) is 0 Å². The predicted molar refractivity (Wildman–Crippen MR) is 73.8 cm³/mol. The molecule has 1 aliphatic rings. The third-order valence-electron chi connectivity index (χ3n) is 4.60. The van der Waals surface area contributed by atoms with E-state index in [0.29, 0.717) is 5.92 Å². The van der Waals surface area contributed by atoms with Crippen LogP contribution in [0.3, 0.4) is 0 Å². The summed E-state index contributed by atoms with van der Waals surface area (Å²) in [5, 5.41) is 10.2. The van der Waals surface area contributed by atoms with Crippen LogP contribution in [0.15, 0.2) is 24.3 Å². The molecule has 100 valence electrons. The molecule has 1 aromatic rings. The molecule has 0 spiro atoms. The molecule has 0 aliphatic heterocycles. The van der Waals surface area contributed by atoms with Gasteiger partial charge in [-0.25, -0.2) is 0 Å². The molecule has 0 radical (unpaired) electrons. The van der Waals surface area contributed by atoms with Crippen LogP contribution in [0.5, 0.6) is 5.75 Å². The topological polar surface area (TPSA) is 29.5 Å². The molecular formula is C16H24O2. The van der Waals surface area contributed by atoms with Crippen molar-refractivity contribution in [3.63, 3.8) is 0 Å². The summed E-state index contributed by atoms with van der Waals surface area (Å²) in [5.41, 5.74) is 1.26. The Balaban J connectivity index is 2.17. The smallest absolute Gasteiger partial charge is 0.122 e. The Labute approximate surface area is 110 Å². The average molecular weight is 248 g/mol. The fourth-order valence-electron chi connectivity index (χ4n) is 3.08. The maximum absolute atomic E-state index is 10.2. The number of aliphatic hydroxyl groups is 1. The summed E-state index contributed by atoms with van der Waals surface area (Å²) in [4.78, 5) is 0. The van der Waals surface area contributed by atoms with Gasteiger partial charge in [0.1, 0.15) is 5.75 Å². The van der Waals surface area contributed by atoms with Crippen molar-refractivity contribution >= 4 is 0 Å². The first-order valence-electron chi connectivity index (χ1n) is 6.85. The zero-order chi connectivity index (χ0) is 13.2. The molecule has 0 bridgehead atoms.